The van der Waals surface area contributed by atoms with Crippen molar-refractivity contribution in [3.63, 3.8) is 0 Å². The lowest BCUT2D eigenvalue weighted by Crippen LogP contribution is -2.24. The molecule has 2 aromatic carbocycles. The molecule has 2 aromatic rings. The Morgan fingerprint density at radius 1 is 1.14 bits per heavy atom. The smallest absolute Gasteiger partial charge is 0.255 e. The zero-order valence-corrected chi connectivity index (χ0v) is 17.1. The Morgan fingerprint density at radius 2 is 1.93 bits per heavy atom. The van der Waals surface area contributed by atoms with Crippen molar-refractivity contribution in [2.45, 2.75) is 39.0 Å². The molecule has 0 unspecified atom stereocenters. The summed E-state index contributed by atoms with van der Waals surface area (Å²) < 4.78 is 11.1. The van der Waals surface area contributed by atoms with Crippen molar-refractivity contribution >= 4 is 23.2 Å². The second kappa shape index (κ2) is 9.96. The number of carbonyl (C=O) groups excluding carboxylic acids is 2. The van der Waals surface area contributed by atoms with E-state index in [1.165, 1.54) is 0 Å². The van der Waals surface area contributed by atoms with Crippen LogP contribution in [0.1, 0.15) is 49.4 Å². The van der Waals surface area contributed by atoms with Crippen molar-refractivity contribution in [2.24, 2.45) is 0 Å². The van der Waals surface area contributed by atoms with Crippen LogP contribution < -0.4 is 19.7 Å². The van der Waals surface area contributed by atoms with E-state index in [0.717, 1.165) is 31.4 Å². The zero-order valence-electron chi connectivity index (χ0n) is 17.1. The number of carbonyl (C=O) groups is 2. The molecule has 0 radical (unpaired) electrons. The van der Waals surface area contributed by atoms with Gasteiger partial charge in [0.15, 0.2) is 0 Å². The summed E-state index contributed by atoms with van der Waals surface area (Å²) in [5.74, 6) is 1.23. The van der Waals surface area contributed by atoms with E-state index in [2.05, 4.69) is 12.2 Å². The molecule has 3 rings (SSSR count). The first-order valence-electron chi connectivity index (χ1n) is 10.1. The molecule has 29 heavy (non-hydrogen) atoms. The van der Waals surface area contributed by atoms with Gasteiger partial charge >= 0.3 is 0 Å². The highest BCUT2D eigenvalue weighted by molar-refractivity contribution is 6.05. The van der Waals surface area contributed by atoms with Gasteiger partial charge in [0.05, 0.1) is 19.4 Å². The minimum Gasteiger partial charge on any atom is -0.495 e. The van der Waals surface area contributed by atoms with Crippen molar-refractivity contribution in [3.05, 3.63) is 48.0 Å². The van der Waals surface area contributed by atoms with E-state index in [1.807, 2.05) is 12.1 Å². The fraction of sp³-hybridized carbons (Fsp3) is 0.391. The molecule has 0 aliphatic carbocycles. The quantitative estimate of drug-likeness (QED) is 0.627. The van der Waals surface area contributed by atoms with E-state index in [1.54, 1.807) is 42.3 Å². The van der Waals surface area contributed by atoms with Gasteiger partial charge in [0.25, 0.3) is 5.91 Å². The third-order valence-corrected chi connectivity index (χ3v) is 4.93. The van der Waals surface area contributed by atoms with Crippen LogP contribution in [0.5, 0.6) is 11.5 Å². The lowest BCUT2D eigenvalue weighted by Gasteiger charge is -2.20. The molecule has 1 aliphatic heterocycles. The van der Waals surface area contributed by atoms with Crippen LogP contribution in [0.2, 0.25) is 0 Å². The first-order chi connectivity index (χ1) is 14.1. The van der Waals surface area contributed by atoms with Gasteiger partial charge in [0.2, 0.25) is 5.91 Å². The van der Waals surface area contributed by atoms with Crippen LogP contribution in [-0.2, 0) is 4.79 Å². The minimum absolute atomic E-state index is 0.0707. The van der Waals surface area contributed by atoms with Crippen molar-refractivity contribution in [3.8, 4) is 11.5 Å². The van der Waals surface area contributed by atoms with Crippen molar-refractivity contribution in [2.75, 3.05) is 30.5 Å². The summed E-state index contributed by atoms with van der Waals surface area (Å²) in [6.45, 7) is 3.50. The summed E-state index contributed by atoms with van der Waals surface area (Å²) in [7, 11) is 1.57. The largest absolute Gasteiger partial charge is 0.495 e. The third kappa shape index (κ3) is 5.28. The highest BCUT2D eigenvalue weighted by atomic mass is 16.5. The lowest BCUT2D eigenvalue weighted by molar-refractivity contribution is -0.117. The summed E-state index contributed by atoms with van der Waals surface area (Å²) in [5.41, 5.74) is 1.84. The van der Waals surface area contributed by atoms with Crippen LogP contribution in [-0.4, -0.2) is 32.1 Å². The molecule has 2 amide bonds. The first kappa shape index (κ1) is 20.7. The standard InChI is InChI=1S/C23H28N2O4/c1-3-4-5-15-29-19-11-8-17(9-12-19)23(27)24-18-10-13-21(28-2)20(16-18)25-14-6-7-22(25)26/h8-13,16H,3-7,14-15H2,1-2H3,(H,24,27). The number of benzene rings is 2. The number of rotatable bonds is 9. The monoisotopic (exact) mass is 396 g/mol. The fourth-order valence-corrected chi connectivity index (χ4v) is 3.33. The predicted octanol–water partition coefficient (Wildman–Crippen LogP) is 4.64. The molecule has 0 atom stereocenters. The second-order valence-electron chi connectivity index (χ2n) is 7.07. The van der Waals surface area contributed by atoms with Crippen molar-refractivity contribution in [1.29, 1.82) is 0 Å². The Kier molecular flexibility index (Phi) is 7.11. The summed E-state index contributed by atoms with van der Waals surface area (Å²) in [6, 6.07) is 12.4. The van der Waals surface area contributed by atoms with Crippen LogP contribution in [0.4, 0.5) is 11.4 Å². The highest BCUT2D eigenvalue weighted by Crippen LogP contribution is 2.34. The van der Waals surface area contributed by atoms with Gasteiger partial charge in [-0.05, 0) is 55.3 Å². The molecule has 154 valence electrons. The summed E-state index contributed by atoms with van der Waals surface area (Å²) in [5, 5.41) is 2.89. The summed E-state index contributed by atoms with van der Waals surface area (Å²) >= 11 is 0. The van der Waals surface area contributed by atoms with Crippen LogP contribution in [0.25, 0.3) is 0 Å². The van der Waals surface area contributed by atoms with Gasteiger partial charge in [0.1, 0.15) is 11.5 Å². The van der Waals surface area contributed by atoms with E-state index in [-0.39, 0.29) is 11.8 Å². The Labute approximate surface area is 171 Å². The maximum absolute atomic E-state index is 12.6. The summed E-state index contributed by atoms with van der Waals surface area (Å²) in [4.78, 5) is 26.4. The fourth-order valence-electron chi connectivity index (χ4n) is 3.33. The third-order valence-electron chi connectivity index (χ3n) is 4.93. The van der Waals surface area contributed by atoms with E-state index < -0.39 is 0 Å². The lowest BCUT2D eigenvalue weighted by atomic mass is 10.2. The van der Waals surface area contributed by atoms with Crippen LogP contribution in [0, 0.1) is 0 Å². The van der Waals surface area contributed by atoms with Crippen molar-refractivity contribution < 1.29 is 19.1 Å². The number of anilines is 2. The van der Waals surface area contributed by atoms with Crippen LogP contribution >= 0.6 is 0 Å². The normalized spacial score (nSPS) is 13.4. The average Bonchev–Trinajstić information content (AvgIpc) is 3.17. The molecule has 6 heteroatoms. The Hall–Kier alpha value is -3.02. The Morgan fingerprint density at radius 3 is 2.59 bits per heavy atom. The number of unbranched alkanes of at least 4 members (excludes halogenated alkanes) is 2. The predicted molar refractivity (Wildman–Crippen MR) is 114 cm³/mol. The topological polar surface area (TPSA) is 67.9 Å². The SMILES string of the molecule is CCCCCOc1ccc(C(=O)Nc2ccc(OC)c(N3CCCC3=O)c2)cc1. The maximum atomic E-state index is 12.6. The molecule has 1 aliphatic rings. The molecule has 1 heterocycles. The van der Waals surface area contributed by atoms with Gasteiger partial charge in [-0.3, -0.25) is 9.59 Å². The maximum Gasteiger partial charge on any atom is 0.255 e. The number of nitrogens with one attached hydrogen (secondary N) is 1. The molecule has 1 saturated heterocycles. The molecule has 0 saturated carbocycles. The summed E-state index contributed by atoms with van der Waals surface area (Å²) in [6.07, 6.45) is 4.69. The van der Waals surface area contributed by atoms with E-state index >= 15 is 0 Å². The number of hydrogen-bond donors (Lipinski definition) is 1. The van der Waals surface area contributed by atoms with Gasteiger partial charge in [-0.2, -0.15) is 0 Å². The molecule has 1 fully saturated rings. The van der Waals surface area contributed by atoms with E-state index in [4.69, 9.17) is 9.47 Å². The minimum atomic E-state index is -0.216. The van der Waals surface area contributed by atoms with Gasteiger partial charge in [-0.25, -0.2) is 0 Å². The Balaban J connectivity index is 1.66. The van der Waals surface area contributed by atoms with Crippen molar-refractivity contribution in [1.82, 2.24) is 0 Å². The average molecular weight is 396 g/mol. The van der Waals surface area contributed by atoms with Gasteiger partial charge in [-0.15, -0.1) is 0 Å². The number of ether oxygens (including phenoxy) is 2. The number of amides is 2. The first-order valence-corrected chi connectivity index (χ1v) is 10.1. The molecule has 0 aromatic heterocycles. The number of nitrogens with zero attached hydrogens (tertiary/aromatic N) is 1. The molecule has 6 nitrogen and oxygen atoms in total. The molecular weight excluding hydrogens is 368 g/mol. The van der Waals surface area contributed by atoms with Gasteiger partial charge in [-0.1, -0.05) is 19.8 Å². The Bertz CT molecular complexity index is 848. The van der Waals surface area contributed by atoms with Crippen LogP contribution in [0.15, 0.2) is 42.5 Å². The van der Waals surface area contributed by atoms with Gasteiger partial charge in [0, 0.05) is 24.2 Å². The van der Waals surface area contributed by atoms with E-state index in [0.29, 0.717) is 42.3 Å². The number of methoxy groups -OCH3 is 1. The van der Waals surface area contributed by atoms with Crippen LogP contribution in [0.3, 0.4) is 0 Å². The highest BCUT2D eigenvalue weighted by Gasteiger charge is 2.25. The molecule has 1 N–H and O–H groups in total. The van der Waals surface area contributed by atoms with E-state index in [9.17, 15) is 9.59 Å². The second-order valence-corrected chi connectivity index (χ2v) is 7.07. The molecular formula is C23H28N2O4. The van der Waals surface area contributed by atoms with Gasteiger partial charge < -0.3 is 19.7 Å². The molecule has 0 spiro atoms. The number of hydrogen-bond acceptors (Lipinski definition) is 4. The zero-order chi connectivity index (χ0) is 20.6. The molecule has 0 bridgehead atoms.